The number of fused-ring (bicyclic) bond motifs is 1. The second-order valence-electron chi connectivity index (χ2n) is 5.22. The second kappa shape index (κ2) is 5.83. The van der Waals surface area contributed by atoms with Gasteiger partial charge in [-0.1, -0.05) is 68.5 Å². The van der Waals surface area contributed by atoms with Crippen molar-refractivity contribution in [2.24, 2.45) is 11.7 Å². The van der Waals surface area contributed by atoms with E-state index in [2.05, 4.69) is 68.5 Å². The van der Waals surface area contributed by atoms with Gasteiger partial charge in [0, 0.05) is 6.04 Å². The summed E-state index contributed by atoms with van der Waals surface area (Å²) >= 11 is 0. The molecule has 0 radical (unpaired) electrons. The lowest BCUT2D eigenvalue weighted by molar-refractivity contribution is 0.547. The zero-order valence-electron chi connectivity index (χ0n) is 11.1. The van der Waals surface area contributed by atoms with Crippen molar-refractivity contribution in [3.05, 3.63) is 54.1 Å². The van der Waals surface area contributed by atoms with E-state index in [1.807, 2.05) is 0 Å². The van der Waals surface area contributed by atoms with E-state index in [1.165, 1.54) is 16.3 Å². The van der Waals surface area contributed by atoms with Gasteiger partial charge in [-0.2, -0.15) is 0 Å². The van der Waals surface area contributed by atoms with E-state index in [9.17, 15) is 0 Å². The summed E-state index contributed by atoms with van der Waals surface area (Å²) in [6.45, 7) is 4.40. The highest BCUT2D eigenvalue weighted by Gasteiger charge is 2.02. The van der Waals surface area contributed by atoms with Crippen LogP contribution in [0.5, 0.6) is 0 Å². The van der Waals surface area contributed by atoms with Crippen molar-refractivity contribution >= 4 is 16.8 Å². The average Bonchev–Trinajstić information content (AvgIpc) is 2.35. The second-order valence-corrected chi connectivity index (χ2v) is 5.22. The number of nitrogens with two attached hydrogens (primary N) is 1. The number of hydrogen-bond donors (Lipinski definition) is 1. The molecule has 0 heterocycles. The van der Waals surface area contributed by atoms with Gasteiger partial charge in [0.15, 0.2) is 0 Å². The molecule has 18 heavy (non-hydrogen) atoms. The monoisotopic (exact) mass is 239 g/mol. The van der Waals surface area contributed by atoms with Crippen molar-refractivity contribution in [2.45, 2.75) is 26.3 Å². The number of benzene rings is 2. The highest BCUT2D eigenvalue weighted by Crippen LogP contribution is 2.20. The summed E-state index contributed by atoms with van der Waals surface area (Å²) in [5.74, 6) is 0.636. The molecule has 2 aromatic rings. The van der Waals surface area contributed by atoms with Crippen LogP contribution >= 0.6 is 0 Å². The van der Waals surface area contributed by atoms with Crippen molar-refractivity contribution in [1.29, 1.82) is 0 Å². The van der Waals surface area contributed by atoms with Crippen LogP contribution in [0.15, 0.2) is 48.5 Å². The van der Waals surface area contributed by atoms with E-state index in [-0.39, 0.29) is 6.04 Å². The van der Waals surface area contributed by atoms with Crippen molar-refractivity contribution in [2.75, 3.05) is 0 Å². The van der Waals surface area contributed by atoms with E-state index in [4.69, 9.17) is 5.73 Å². The van der Waals surface area contributed by atoms with Crippen LogP contribution in [0.1, 0.15) is 25.8 Å². The molecule has 2 N–H and O–H groups in total. The van der Waals surface area contributed by atoms with Crippen molar-refractivity contribution in [3.8, 4) is 0 Å². The first-order chi connectivity index (χ1) is 8.66. The summed E-state index contributed by atoms with van der Waals surface area (Å²) in [7, 11) is 0. The predicted molar refractivity (Wildman–Crippen MR) is 80.4 cm³/mol. The van der Waals surface area contributed by atoms with Crippen LogP contribution in [0.2, 0.25) is 0 Å². The first-order valence-corrected chi connectivity index (χ1v) is 6.58. The van der Waals surface area contributed by atoms with Crippen LogP contribution in [-0.2, 0) is 0 Å². The van der Waals surface area contributed by atoms with Gasteiger partial charge in [0.1, 0.15) is 0 Å². The Bertz CT molecular complexity index is 535. The molecule has 0 aliphatic heterocycles. The fourth-order valence-corrected chi connectivity index (χ4v) is 2.25. The molecule has 1 nitrogen and oxygen atoms in total. The molecule has 0 saturated carbocycles. The van der Waals surface area contributed by atoms with Gasteiger partial charge in [-0.15, -0.1) is 0 Å². The van der Waals surface area contributed by atoms with Crippen molar-refractivity contribution < 1.29 is 0 Å². The molecule has 0 fully saturated rings. The lowest BCUT2D eigenvalue weighted by atomic mass is 10.0. The van der Waals surface area contributed by atoms with Gasteiger partial charge in [-0.3, -0.25) is 0 Å². The van der Waals surface area contributed by atoms with Crippen molar-refractivity contribution in [1.82, 2.24) is 0 Å². The molecule has 94 valence electrons. The Balaban J connectivity index is 2.24. The molecule has 1 atom stereocenters. The average molecular weight is 239 g/mol. The quantitative estimate of drug-likeness (QED) is 0.849. The molecule has 0 bridgehead atoms. The Labute approximate surface area is 109 Å². The van der Waals surface area contributed by atoms with Crippen LogP contribution in [0.25, 0.3) is 16.8 Å². The summed E-state index contributed by atoms with van der Waals surface area (Å²) in [4.78, 5) is 0. The smallest absolute Gasteiger partial charge is 0.0229 e. The van der Waals surface area contributed by atoms with Crippen LogP contribution in [0, 0.1) is 5.92 Å². The summed E-state index contributed by atoms with van der Waals surface area (Å²) in [6.07, 6.45) is 5.29. The van der Waals surface area contributed by atoms with E-state index in [0.29, 0.717) is 5.92 Å². The zero-order valence-corrected chi connectivity index (χ0v) is 11.1. The van der Waals surface area contributed by atoms with Crippen LogP contribution in [-0.4, -0.2) is 6.04 Å². The minimum absolute atomic E-state index is 0.143. The molecular weight excluding hydrogens is 218 g/mol. The molecule has 2 aromatic carbocycles. The molecule has 0 aliphatic rings. The van der Waals surface area contributed by atoms with E-state index >= 15 is 0 Å². The van der Waals surface area contributed by atoms with Crippen LogP contribution in [0.3, 0.4) is 0 Å². The normalized spacial score (nSPS) is 13.6. The molecule has 0 aromatic heterocycles. The maximum absolute atomic E-state index is 6.08. The largest absolute Gasteiger partial charge is 0.324 e. The van der Waals surface area contributed by atoms with Gasteiger partial charge in [0.2, 0.25) is 0 Å². The predicted octanol–water partition coefficient (Wildman–Crippen LogP) is 4.23. The maximum Gasteiger partial charge on any atom is 0.0229 e. The standard InChI is InChI=1S/C17H21N/c1-13(2)12-16(18)11-10-15-8-5-7-14-6-3-4-9-17(14)15/h3-11,13,16H,12,18H2,1-2H3/t16-/m1/s1. The topological polar surface area (TPSA) is 26.0 Å². The van der Waals surface area contributed by atoms with Gasteiger partial charge < -0.3 is 5.73 Å². The van der Waals surface area contributed by atoms with E-state index in [1.54, 1.807) is 0 Å². The molecule has 0 unspecified atom stereocenters. The third kappa shape index (κ3) is 3.21. The maximum atomic E-state index is 6.08. The number of hydrogen-bond acceptors (Lipinski definition) is 1. The third-order valence-corrected chi connectivity index (χ3v) is 3.09. The Hall–Kier alpha value is -1.60. The Morgan fingerprint density at radius 1 is 1.06 bits per heavy atom. The lowest BCUT2D eigenvalue weighted by Gasteiger charge is -2.09. The molecule has 2 rings (SSSR count). The number of rotatable bonds is 4. The van der Waals surface area contributed by atoms with Crippen LogP contribution in [0.4, 0.5) is 0 Å². The first-order valence-electron chi connectivity index (χ1n) is 6.58. The van der Waals surface area contributed by atoms with Gasteiger partial charge in [-0.25, -0.2) is 0 Å². The van der Waals surface area contributed by atoms with Gasteiger partial charge >= 0.3 is 0 Å². The Morgan fingerprint density at radius 2 is 1.78 bits per heavy atom. The summed E-state index contributed by atoms with van der Waals surface area (Å²) in [5, 5.41) is 2.56. The fraction of sp³-hybridized carbons (Fsp3) is 0.294. The van der Waals surface area contributed by atoms with Gasteiger partial charge in [0.25, 0.3) is 0 Å². The minimum atomic E-state index is 0.143. The van der Waals surface area contributed by atoms with E-state index < -0.39 is 0 Å². The molecule has 0 aliphatic carbocycles. The summed E-state index contributed by atoms with van der Waals surface area (Å²) < 4.78 is 0. The lowest BCUT2D eigenvalue weighted by Crippen LogP contribution is -2.18. The summed E-state index contributed by atoms with van der Waals surface area (Å²) in [5.41, 5.74) is 7.32. The molecule has 0 saturated heterocycles. The first kappa shape index (κ1) is 12.8. The molecule has 0 amide bonds. The molecule has 0 spiro atoms. The van der Waals surface area contributed by atoms with Crippen molar-refractivity contribution in [3.63, 3.8) is 0 Å². The Morgan fingerprint density at radius 3 is 2.56 bits per heavy atom. The summed E-state index contributed by atoms with van der Waals surface area (Å²) in [6, 6.07) is 15.0. The SMILES string of the molecule is CC(C)C[C@H](N)C=Cc1cccc2ccccc12. The van der Waals surface area contributed by atoms with E-state index in [0.717, 1.165) is 6.42 Å². The zero-order chi connectivity index (χ0) is 13.0. The highest BCUT2D eigenvalue weighted by molar-refractivity contribution is 5.90. The third-order valence-electron chi connectivity index (χ3n) is 3.09. The Kier molecular flexibility index (Phi) is 4.16. The van der Waals surface area contributed by atoms with Crippen LogP contribution < -0.4 is 5.73 Å². The highest BCUT2D eigenvalue weighted by atomic mass is 14.6. The fourth-order valence-electron chi connectivity index (χ4n) is 2.25. The molecule has 1 heteroatoms. The van der Waals surface area contributed by atoms with Gasteiger partial charge in [-0.05, 0) is 28.7 Å². The molecular formula is C17H21N. The minimum Gasteiger partial charge on any atom is -0.324 e. The van der Waals surface area contributed by atoms with Gasteiger partial charge in [0.05, 0.1) is 0 Å².